The third-order valence-corrected chi connectivity index (χ3v) is 3.90. The molecule has 0 aromatic heterocycles. The van der Waals surface area contributed by atoms with E-state index in [0.29, 0.717) is 0 Å². The van der Waals surface area contributed by atoms with Gasteiger partial charge in [0.2, 0.25) is 0 Å². The topological polar surface area (TPSA) is 52.6 Å². The van der Waals surface area contributed by atoms with Crippen LogP contribution in [-0.4, -0.2) is 34.6 Å². The molecular weight excluding hydrogens is 216 g/mol. The number of benzene rings is 1. The molecule has 2 heterocycles. The van der Waals surface area contributed by atoms with Crippen LogP contribution in [-0.2, 0) is 17.9 Å². The molecule has 0 atom stereocenters. The second-order valence-corrected chi connectivity index (χ2v) is 5.02. The number of carboxylic acids is 1. The van der Waals surface area contributed by atoms with E-state index in [0.717, 1.165) is 26.2 Å². The maximum absolute atomic E-state index is 11.0. The summed E-state index contributed by atoms with van der Waals surface area (Å²) in [4.78, 5) is 13.3. The molecule has 2 N–H and O–H groups in total. The highest BCUT2D eigenvalue weighted by atomic mass is 16.4. The molecule has 0 aliphatic carbocycles. The second-order valence-electron chi connectivity index (χ2n) is 5.02. The van der Waals surface area contributed by atoms with E-state index in [4.69, 9.17) is 5.11 Å². The number of nitrogens with one attached hydrogen (secondary N) is 1. The fourth-order valence-corrected chi connectivity index (χ4v) is 2.82. The zero-order valence-corrected chi connectivity index (χ0v) is 9.65. The Bertz CT molecular complexity index is 429. The molecule has 2 aliphatic rings. The van der Waals surface area contributed by atoms with Crippen molar-refractivity contribution < 1.29 is 9.90 Å². The van der Waals surface area contributed by atoms with Crippen LogP contribution in [0.2, 0.25) is 0 Å². The Kier molecular flexibility index (Phi) is 2.42. The van der Waals surface area contributed by atoms with Crippen molar-refractivity contribution in [3.8, 4) is 0 Å². The van der Waals surface area contributed by atoms with Crippen LogP contribution in [0, 0.1) is 0 Å². The summed E-state index contributed by atoms with van der Waals surface area (Å²) >= 11 is 0. The van der Waals surface area contributed by atoms with Crippen molar-refractivity contribution in [1.82, 2.24) is 10.2 Å². The van der Waals surface area contributed by atoms with E-state index >= 15 is 0 Å². The highest BCUT2D eigenvalue weighted by Gasteiger charge is 2.45. The number of carboxylic acid groups (broad SMARTS) is 1. The monoisotopic (exact) mass is 232 g/mol. The molecule has 3 rings (SSSR count). The van der Waals surface area contributed by atoms with E-state index in [-0.39, 0.29) is 12.0 Å². The number of fused-ring (bicyclic) bond motifs is 1. The first-order chi connectivity index (χ1) is 8.20. The molecule has 0 saturated carbocycles. The van der Waals surface area contributed by atoms with Crippen LogP contribution in [0.15, 0.2) is 24.3 Å². The molecule has 1 aromatic carbocycles. The summed E-state index contributed by atoms with van der Waals surface area (Å²) in [6, 6.07) is 8.36. The standard InChI is InChI=1S/C13H16N2O2/c16-12(17)5-13(8-14-9-13)15-6-10-3-1-2-4-11(10)7-15/h1-4,14H,5-9H2,(H,16,17). The first-order valence-electron chi connectivity index (χ1n) is 5.94. The lowest BCUT2D eigenvalue weighted by Gasteiger charge is -2.48. The van der Waals surface area contributed by atoms with Crippen molar-refractivity contribution in [3.05, 3.63) is 35.4 Å². The minimum atomic E-state index is -0.706. The predicted octanol–water partition coefficient (Wildman–Crippen LogP) is 0.819. The summed E-state index contributed by atoms with van der Waals surface area (Å²) in [5.74, 6) is -0.706. The molecule has 4 heteroatoms. The van der Waals surface area contributed by atoms with E-state index in [1.54, 1.807) is 0 Å². The van der Waals surface area contributed by atoms with Gasteiger partial charge in [0.05, 0.1) is 12.0 Å². The Balaban J connectivity index is 1.81. The van der Waals surface area contributed by atoms with Crippen LogP contribution in [0.3, 0.4) is 0 Å². The van der Waals surface area contributed by atoms with Gasteiger partial charge in [0.25, 0.3) is 0 Å². The molecule has 1 fully saturated rings. The number of rotatable bonds is 3. The molecule has 0 bridgehead atoms. The zero-order valence-electron chi connectivity index (χ0n) is 9.65. The lowest BCUT2D eigenvalue weighted by Crippen LogP contribution is -2.68. The smallest absolute Gasteiger partial charge is 0.305 e. The van der Waals surface area contributed by atoms with Crippen LogP contribution in [0.25, 0.3) is 0 Å². The summed E-state index contributed by atoms with van der Waals surface area (Å²) in [7, 11) is 0. The Morgan fingerprint density at radius 1 is 1.29 bits per heavy atom. The van der Waals surface area contributed by atoms with Gasteiger partial charge in [0.15, 0.2) is 0 Å². The quantitative estimate of drug-likeness (QED) is 0.810. The summed E-state index contributed by atoms with van der Waals surface area (Å²) in [5, 5.41) is 12.2. The lowest BCUT2D eigenvalue weighted by atomic mass is 9.86. The third-order valence-electron chi connectivity index (χ3n) is 3.90. The van der Waals surface area contributed by atoms with Crippen LogP contribution in [0.4, 0.5) is 0 Å². The normalized spacial score (nSPS) is 21.9. The fraction of sp³-hybridized carbons (Fsp3) is 0.462. The second kappa shape index (κ2) is 3.82. The first kappa shape index (κ1) is 10.7. The molecule has 1 saturated heterocycles. The highest BCUT2D eigenvalue weighted by molar-refractivity contribution is 5.69. The Morgan fingerprint density at radius 2 is 1.88 bits per heavy atom. The molecular formula is C13H16N2O2. The molecule has 0 amide bonds. The number of carbonyl (C=O) groups is 1. The minimum Gasteiger partial charge on any atom is -0.481 e. The van der Waals surface area contributed by atoms with Crippen molar-refractivity contribution in [3.63, 3.8) is 0 Å². The minimum absolute atomic E-state index is 0.176. The molecule has 0 unspecified atom stereocenters. The molecule has 17 heavy (non-hydrogen) atoms. The fourth-order valence-electron chi connectivity index (χ4n) is 2.82. The van der Waals surface area contributed by atoms with Gasteiger partial charge in [0.1, 0.15) is 0 Å². The van der Waals surface area contributed by atoms with Gasteiger partial charge in [-0.15, -0.1) is 0 Å². The SMILES string of the molecule is O=C(O)CC1(N2Cc3ccccc3C2)CNC1. The summed E-state index contributed by atoms with van der Waals surface area (Å²) in [6.07, 6.45) is 0.230. The van der Waals surface area contributed by atoms with Crippen LogP contribution < -0.4 is 5.32 Å². The van der Waals surface area contributed by atoms with E-state index in [1.165, 1.54) is 11.1 Å². The van der Waals surface area contributed by atoms with E-state index in [2.05, 4.69) is 22.3 Å². The lowest BCUT2D eigenvalue weighted by molar-refractivity contribution is -0.142. The average Bonchev–Trinajstić information content (AvgIpc) is 2.66. The van der Waals surface area contributed by atoms with Gasteiger partial charge in [-0.05, 0) is 11.1 Å². The maximum atomic E-state index is 11.0. The van der Waals surface area contributed by atoms with Crippen LogP contribution in [0.5, 0.6) is 0 Å². The van der Waals surface area contributed by atoms with Gasteiger partial charge < -0.3 is 10.4 Å². The van der Waals surface area contributed by atoms with Crippen molar-refractivity contribution in [2.75, 3.05) is 13.1 Å². The molecule has 0 radical (unpaired) electrons. The summed E-state index contributed by atoms with van der Waals surface area (Å²) in [5.41, 5.74) is 2.50. The number of hydrogen-bond donors (Lipinski definition) is 2. The molecule has 1 aromatic rings. The van der Waals surface area contributed by atoms with Crippen LogP contribution >= 0.6 is 0 Å². The highest BCUT2D eigenvalue weighted by Crippen LogP contribution is 2.33. The predicted molar refractivity (Wildman–Crippen MR) is 63.5 cm³/mol. The van der Waals surface area contributed by atoms with Gasteiger partial charge >= 0.3 is 5.97 Å². The van der Waals surface area contributed by atoms with Crippen molar-refractivity contribution in [2.45, 2.75) is 25.0 Å². The molecule has 90 valence electrons. The number of nitrogens with zero attached hydrogens (tertiary/aromatic N) is 1. The Labute approximate surface area is 100 Å². The van der Waals surface area contributed by atoms with Crippen LogP contribution in [0.1, 0.15) is 17.5 Å². The van der Waals surface area contributed by atoms with Crippen molar-refractivity contribution in [1.29, 1.82) is 0 Å². The average molecular weight is 232 g/mol. The number of aliphatic carboxylic acids is 1. The Morgan fingerprint density at radius 3 is 2.29 bits per heavy atom. The van der Waals surface area contributed by atoms with Gasteiger partial charge in [-0.1, -0.05) is 24.3 Å². The molecule has 4 nitrogen and oxygen atoms in total. The van der Waals surface area contributed by atoms with Gasteiger partial charge in [0, 0.05) is 26.2 Å². The maximum Gasteiger partial charge on any atom is 0.305 e. The summed E-state index contributed by atoms with van der Waals surface area (Å²) in [6.45, 7) is 3.33. The Hall–Kier alpha value is -1.39. The molecule has 2 aliphatic heterocycles. The van der Waals surface area contributed by atoms with E-state index in [9.17, 15) is 4.79 Å². The van der Waals surface area contributed by atoms with Gasteiger partial charge in [-0.25, -0.2) is 0 Å². The van der Waals surface area contributed by atoms with E-state index < -0.39 is 5.97 Å². The zero-order chi connectivity index (χ0) is 11.9. The molecule has 0 spiro atoms. The van der Waals surface area contributed by atoms with Gasteiger partial charge in [-0.2, -0.15) is 0 Å². The summed E-state index contributed by atoms with van der Waals surface area (Å²) < 4.78 is 0. The first-order valence-corrected chi connectivity index (χ1v) is 5.94. The van der Waals surface area contributed by atoms with Gasteiger partial charge in [-0.3, -0.25) is 9.69 Å². The van der Waals surface area contributed by atoms with Crippen molar-refractivity contribution in [2.24, 2.45) is 0 Å². The van der Waals surface area contributed by atoms with Crippen molar-refractivity contribution >= 4 is 5.97 Å². The van der Waals surface area contributed by atoms with E-state index in [1.807, 2.05) is 12.1 Å². The third kappa shape index (κ3) is 1.73. The largest absolute Gasteiger partial charge is 0.481 e. The number of hydrogen-bond acceptors (Lipinski definition) is 3.